The smallest absolute Gasteiger partial charge is 0.276 e. The van der Waals surface area contributed by atoms with Crippen molar-refractivity contribution in [3.8, 4) is 11.5 Å². The molecule has 0 fully saturated rings. The first-order chi connectivity index (χ1) is 13.7. The molecule has 154 valence electrons. The Kier molecular flexibility index (Phi) is 5.73. The van der Waals surface area contributed by atoms with E-state index in [2.05, 4.69) is 9.93 Å². The Morgan fingerprint density at radius 3 is 2.83 bits per heavy atom. The zero-order chi connectivity index (χ0) is 21.2. The van der Waals surface area contributed by atoms with Crippen molar-refractivity contribution in [3.05, 3.63) is 57.1 Å². The van der Waals surface area contributed by atoms with Gasteiger partial charge in [0.25, 0.3) is 15.7 Å². The van der Waals surface area contributed by atoms with Crippen molar-refractivity contribution in [1.29, 1.82) is 0 Å². The summed E-state index contributed by atoms with van der Waals surface area (Å²) in [5, 5.41) is 14.9. The first kappa shape index (κ1) is 20.6. The van der Waals surface area contributed by atoms with E-state index in [0.717, 1.165) is 18.1 Å². The normalized spacial score (nSPS) is 15.8. The number of nitro groups is 1. The number of aryl methyl sites for hydroxylation is 1. The van der Waals surface area contributed by atoms with Crippen LogP contribution < -0.4 is 14.3 Å². The van der Waals surface area contributed by atoms with E-state index in [0.29, 0.717) is 29.2 Å². The highest BCUT2D eigenvalue weighted by Crippen LogP contribution is 2.34. The van der Waals surface area contributed by atoms with E-state index >= 15 is 0 Å². The average Bonchev–Trinajstić information content (AvgIpc) is 3.00. The van der Waals surface area contributed by atoms with Crippen LogP contribution in [0.1, 0.15) is 30.5 Å². The van der Waals surface area contributed by atoms with Gasteiger partial charge >= 0.3 is 0 Å². The first-order valence-electron chi connectivity index (χ1n) is 8.97. The second-order valence-corrected chi connectivity index (χ2v) is 8.28. The van der Waals surface area contributed by atoms with Gasteiger partial charge in [-0.15, -0.1) is 0 Å². The highest BCUT2D eigenvalue weighted by Gasteiger charge is 2.22. The zero-order valence-electron chi connectivity index (χ0n) is 16.2. The maximum absolute atomic E-state index is 12.4. The van der Waals surface area contributed by atoms with Gasteiger partial charge in [0.2, 0.25) is 0 Å². The van der Waals surface area contributed by atoms with Crippen LogP contribution in [-0.4, -0.2) is 32.3 Å². The predicted octanol–water partition coefficient (Wildman–Crippen LogP) is 2.94. The summed E-state index contributed by atoms with van der Waals surface area (Å²) in [5.74, 6) is 1.28. The topological polar surface area (TPSA) is 120 Å². The molecule has 2 aromatic carbocycles. The van der Waals surface area contributed by atoms with E-state index < -0.39 is 14.9 Å². The molecule has 0 amide bonds. The van der Waals surface area contributed by atoms with Crippen LogP contribution in [0.3, 0.4) is 0 Å². The van der Waals surface area contributed by atoms with E-state index in [1.54, 1.807) is 6.07 Å². The molecule has 1 heterocycles. The van der Waals surface area contributed by atoms with Gasteiger partial charge in [-0.05, 0) is 39.0 Å². The fraction of sp³-hybridized carbons (Fsp3) is 0.316. The van der Waals surface area contributed by atoms with Crippen LogP contribution in [0.15, 0.2) is 40.3 Å². The average molecular weight is 419 g/mol. The lowest BCUT2D eigenvalue weighted by molar-refractivity contribution is -0.385. The van der Waals surface area contributed by atoms with Gasteiger partial charge in [0.05, 0.1) is 22.6 Å². The molecule has 10 heteroatoms. The molecule has 9 nitrogen and oxygen atoms in total. The summed E-state index contributed by atoms with van der Waals surface area (Å²) in [6.07, 6.45) is 2.14. The molecule has 0 spiro atoms. The molecule has 2 aromatic rings. The minimum atomic E-state index is -4.07. The minimum absolute atomic E-state index is 0.0579. The second kappa shape index (κ2) is 8.08. The Balaban J connectivity index is 1.85. The Morgan fingerprint density at radius 2 is 2.14 bits per heavy atom. The lowest BCUT2D eigenvalue weighted by Gasteiger charge is -2.10. The number of benzene rings is 2. The maximum atomic E-state index is 12.4. The Labute approximate surface area is 168 Å². The van der Waals surface area contributed by atoms with Crippen LogP contribution >= 0.6 is 0 Å². The van der Waals surface area contributed by atoms with Gasteiger partial charge in [0.15, 0.2) is 0 Å². The summed E-state index contributed by atoms with van der Waals surface area (Å²) in [6, 6.07) is 7.28. The van der Waals surface area contributed by atoms with Crippen molar-refractivity contribution >= 4 is 21.9 Å². The fourth-order valence-electron chi connectivity index (χ4n) is 3.01. The van der Waals surface area contributed by atoms with Gasteiger partial charge in [0.1, 0.15) is 17.6 Å². The number of hydrogen-bond donors (Lipinski definition) is 1. The maximum Gasteiger partial charge on any atom is 0.276 e. The zero-order valence-corrected chi connectivity index (χ0v) is 17.0. The molecule has 0 unspecified atom stereocenters. The lowest BCUT2D eigenvalue weighted by atomic mass is 10.1. The second-order valence-electron chi connectivity index (χ2n) is 6.62. The largest absolute Gasteiger partial charge is 0.493 e. The highest BCUT2D eigenvalue weighted by molar-refractivity contribution is 7.89. The summed E-state index contributed by atoms with van der Waals surface area (Å²) in [7, 11) is -4.07. The van der Waals surface area contributed by atoms with Crippen molar-refractivity contribution in [1.82, 2.24) is 4.83 Å². The summed E-state index contributed by atoms with van der Waals surface area (Å²) in [4.78, 5) is 12.3. The molecule has 0 aliphatic carbocycles. The molecule has 0 bridgehead atoms. The van der Waals surface area contributed by atoms with Crippen LogP contribution in [0, 0.1) is 17.0 Å². The predicted molar refractivity (Wildman–Crippen MR) is 107 cm³/mol. The van der Waals surface area contributed by atoms with Gasteiger partial charge in [-0.2, -0.15) is 13.5 Å². The van der Waals surface area contributed by atoms with Crippen molar-refractivity contribution < 1.29 is 22.8 Å². The number of sulfonamides is 1. The number of hydrazone groups is 1. The van der Waals surface area contributed by atoms with E-state index in [4.69, 9.17) is 9.47 Å². The van der Waals surface area contributed by atoms with E-state index in [1.807, 2.05) is 19.9 Å². The van der Waals surface area contributed by atoms with Crippen LogP contribution in [0.2, 0.25) is 0 Å². The minimum Gasteiger partial charge on any atom is -0.493 e. The molecule has 0 aromatic heterocycles. The molecular formula is C19H21N3O6S. The Bertz CT molecular complexity index is 1080. The van der Waals surface area contributed by atoms with E-state index in [9.17, 15) is 18.5 Å². The number of nitrogens with one attached hydrogen (secondary N) is 1. The summed E-state index contributed by atoms with van der Waals surface area (Å²) in [5.41, 5.74) is 1.66. The molecule has 1 atom stereocenters. The standard InChI is InChI=1S/C19H21N3O6S/c1-4-27-18-8-14-7-13(3)28-19(14)9-15(18)11-20-21-29(25,26)16-6-5-12(2)17(10-16)22(23)24/h5-6,8-11,13,21H,4,7H2,1-3H3/b20-11-/t13-/m1/s1. The number of rotatable bonds is 7. The first-order valence-corrected chi connectivity index (χ1v) is 10.5. The summed E-state index contributed by atoms with van der Waals surface area (Å²) >= 11 is 0. The van der Waals surface area contributed by atoms with Gasteiger partial charge in [0, 0.05) is 29.2 Å². The molecule has 0 saturated heterocycles. The van der Waals surface area contributed by atoms with Crippen molar-refractivity contribution in [2.45, 2.75) is 38.2 Å². The molecule has 1 N–H and O–H groups in total. The van der Waals surface area contributed by atoms with Crippen molar-refractivity contribution in [3.63, 3.8) is 0 Å². The number of nitrogens with zero attached hydrogens (tertiary/aromatic N) is 2. The number of hydrogen-bond acceptors (Lipinski definition) is 7. The molecule has 1 aliphatic rings. The number of nitro benzene ring substituents is 1. The molecule has 29 heavy (non-hydrogen) atoms. The molecule has 0 radical (unpaired) electrons. The van der Waals surface area contributed by atoms with Crippen LogP contribution in [-0.2, 0) is 16.4 Å². The Hall–Kier alpha value is -3.14. The van der Waals surface area contributed by atoms with Crippen molar-refractivity contribution in [2.75, 3.05) is 6.61 Å². The third-order valence-corrected chi connectivity index (χ3v) is 5.61. The van der Waals surface area contributed by atoms with Gasteiger partial charge in [-0.1, -0.05) is 6.07 Å². The number of ether oxygens (including phenoxy) is 2. The van der Waals surface area contributed by atoms with E-state index in [-0.39, 0.29) is 16.7 Å². The third-order valence-electron chi connectivity index (χ3n) is 4.39. The van der Waals surface area contributed by atoms with Crippen LogP contribution in [0.25, 0.3) is 0 Å². The lowest BCUT2D eigenvalue weighted by Crippen LogP contribution is -2.18. The molecule has 1 aliphatic heterocycles. The highest BCUT2D eigenvalue weighted by atomic mass is 32.2. The quantitative estimate of drug-likeness (QED) is 0.418. The van der Waals surface area contributed by atoms with Crippen molar-refractivity contribution in [2.24, 2.45) is 5.10 Å². The van der Waals surface area contributed by atoms with E-state index in [1.165, 1.54) is 25.3 Å². The summed E-state index contributed by atoms with van der Waals surface area (Å²) < 4.78 is 36.2. The fourth-order valence-corrected chi connectivity index (χ4v) is 3.82. The van der Waals surface area contributed by atoms with Gasteiger partial charge in [-0.3, -0.25) is 10.1 Å². The SMILES string of the molecule is CCOc1cc2c(cc1/C=N\NS(=O)(=O)c1ccc(C)c([N+](=O)[O-])c1)O[C@H](C)C2. The number of fused-ring (bicyclic) bond motifs is 1. The molecular weight excluding hydrogens is 398 g/mol. The van der Waals surface area contributed by atoms with Crippen LogP contribution in [0.4, 0.5) is 5.69 Å². The van der Waals surface area contributed by atoms with Gasteiger partial charge < -0.3 is 9.47 Å². The molecule has 0 saturated carbocycles. The van der Waals surface area contributed by atoms with Gasteiger partial charge in [-0.25, -0.2) is 4.83 Å². The monoisotopic (exact) mass is 419 g/mol. The Morgan fingerprint density at radius 1 is 1.38 bits per heavy atom. The third kappa shape index (κ3) is 4.48. The van der Waals surface area contributed by atoms with Crippen LogP contribution in [0.5, 0.6) is 11.5 Å². The summed E-state index contributed by atoms with van der Waals surface area (Å²) in [6.45, 7) is 5.78. The molecule has 3 rings (SSSR count).